The summed E-state index contributed by atoms with van der Waals surface area (Å²) < 4.78 is 15.2. The average molecular weight is 290 g/mol. The van der Waals surface area contributed by atoms with Gasteiger partial charge in [0.25, 0.3) is 5.91 Å². The molecular formula is C15H19FN4O. The van der Waals surface area contributed by atoms with Gasteiger partial charge in [0.15, 0.2) is 0 Å². The van der Waals surface area contributed by atoms with E-state index in [1.54, 1.807) is 25.1 Å². The number of nitrogens with zero attached hydrogens (tertiary/aromatic N) is 2. The normalized spacial score (nSPS) is 10.6. The molecule has 0 spiro atoms. The summed E-state index contributed by atoms with van der Waals surface area (Å²) >= 11 is 0. The monoisotopic (exact) mass is 290 g/mol. The molecule has 0 bridgehead atoms. The first kappa shape index (κ1) is 15.2. The van der Waals surface area contributed by atoms with Crippen molar-refractivity contribution in [3.8, 4) is 5.69 Å². The van der Waals surface area contributed by atoms with Crippen LogP contribution in [0, 0.1) is 12.7 Å². The quantitative estimate of drug-likeness (QED) is 0.796. The Morgan fingerprint density at radius 1 is 1.33 bits per heavy atom. The number of nitrogens with one attached hydrogen (secondary N) is 2. The van der Waals surface area contributed by atoms with Crippen molar-refractivity contribution in [2.75, 3.05) is 19.6 Å². The molecule has 0 radical (unpaired) electrons. The van der Waals surface area contributed by atoms with Gasteiger partial charge in [0.2, 0.25) is 0 Å². The fourth-order valence-electron chi connectivity index (χ4n) is 2.04. The number of para-hydroxylation sites is 1. The van der Waals surface area contributed by atoms with Crippen molar-refractivity contribution >= 4 is 5.91 Å². The van der Waals surface area contributed by atoms with E-state index >= 15 is 0 Å². The Bertz CT molecular complexity index is 624. The third-order valence-corrected chi connectivity index (χ3v) is 3.17. The van der Waals surface area contributed by atoms with Gasteiger partial charge in [-0.3, -0.25) is 4.79 Å². The van der Waals surface area contributed by atoms with Gasteiger partial charge in [-0.25, -0.2) is 9.07 Å². The van der Waals surface area contributed by atoms with Gasteiger partial charge in [-0.15, -0.1) is 0 Å². The lowest BCUT2D eigenvalue weighted by atomic mass is 10.2. The number of hydrogen-bond acceptors (Lipinski definition) is 3. The zero-order valence-corrected chi connectivity index (χ0v) is 12.2. The van der Waals surface area contributed by atoms with Crippen LogP contribution in [0.15, 0.2) is 30.5 Å². The largest absolute Gasteiger partial charge is 0.351 e. The number of hydrogen-bond donors (Lipinski definition) is 2. The minimum Gasteiger partial charge on any atom is -0.351 e. The molecule has 0 aliphatic heterocycles. The molecule has 0 saturated heterocycles. The molecule has 1 amide bonds. The summed E-state index contributed by atoms with van der Waals surface area (Å²) in [5.74, 6) is -0.573. The van der Waals surface area contributed by atoms with E-state index in [-0.39, 0.29) is 11.7 Å². The van der Waals surface area contributed by atoms with Crippen LogP contribution in [0.1, 0.15) is 23.0 Å². The highest BCUT2D eigenvalue weighted by molar-refractivity contribution is 5.95. The Hall–Kier alpha value is -2.21. The molecule has 5 nitrogen and oxygen atoms in total. The number of rotatable bonds is 6. The molecule has 0 aliphatic carbocycles. The molecule has 0 unspecified atom stereocenters. The van der Waals surface area contributed by atoms with Gasteiger partial charge in [0.05, 0.1) is 17.5 Å². The highest BCUT2D eigenvalue weighted by Crippen LogP contribution is 2.16. The van der Waals surface area contributed by atoms with E-state index in [2.05, 4.69) is 15.7 Å². The minimum atomic E-state index is -0.372. The Kier molecular flexibility index (Phi) is 5.05. The van der Waals surface area contributed by atoms with E-state index in [0.717, 1.165) is 6.54 Å². The molecule has 2 aromatic rings. The summed E-state index contributed by atoms with van der Waals surface area (Å²) in [6.45, 7) is 5.86. The molecule has 0 saturated carbocycles. The SMILES string of the molecule is CCNCCNC(=O)c1cnn(-c2ccccc2F)c1C. The lowest BCUT2D eigenvalue weighted by Crippen LogP contribution is -2.31. The molecule has 1 aromatic heterocycles. The Morgan fingerprint density at radius 3 is 2.81 bits per heavy atom. The van der Waals surface area contributed by atoms with Crippen molar-refractivity contribution in [3.63, 3.8) is 0 Å². The molecule has 0 aliphatic rings. The topological polar surface area (TPSA) is 58.9 Å². The first-order chi connectivity index (χ1) is 10.1. The Labute approximate surface area is 123 Å². The molecule has 112 valence electrons. The van der Waals surface area contributed by atoms with Crippen molar-refractivity contribution in [2.24, 2.45) is 0 Å². The van der Waals surface area contributed by atoms with Crippen molar-refractivity contribution in [2.45, 2.75) is 13.8 Å². The van der Waals surface area contributed by atoms with Crippen molar-refractivity contribution < 1.29 is 9.18 Å². The molecule has 0 fully saturated rings. The highest BCUT2D eigenvalue weighted by atomic mass is 19.1. The molecule has 2 rings (SSSR count). The summed E-state index contributed by atoms with van der Waals surface area (Å²) in [5.41, 5.74) is 1.40. The number of aromatic nitrogens is 2. The fraction of sp³-hybridized carbons (Fsp3) is 0.333. The first-order valence-corrected chi connectivity index (χ1v) is 6.93. The predicted octanol–water partition coefficient (Wildman–Crippen LogP) is 1.66. The second-order valence-corrected chi connectivity index (χ2v) is 4.62. The molecule has 2 N–H and O–H groups in total. The summed E-state index contributed by atoms with van der Waals surface area (Å²) in [5, 5.41) is 10.0. The summed E-state index contributed by atoms with van der Waals surface area (Å²) in [7, 11) is 0. The van der Waals surface area contributed by atoms with Crippen molar-refractivity contribution in [1.82, 2.24) is 20.4 Å². The lowest BCUT2D eigenvalue weighted by molar-refractivity contribution is 0.0953. The maximum absolute atomic E-state index is 13.8. The number of carbonyl (C=O) groups is 1. The number of halogens is 1. The number of benzene rings is 1. The van der Waals surface area contributed by atoms with E-state index in [0.29, 0.717) is 30.0 Å². The molecule has 6 heteroatoms. The van der Waals surface area contributed by atoms with Crippen LogP contribution < -0.4 is 10.6 Å². The van der Waals surface area contributed by atoms with Gasteiger partial charge in [0.1, 0.15) is 11.5 Å². The van der Waals surface area contributed by atoms with Gasteiger partial charge in [0, 0.05) is 13.1 Å². The summed E-state index contributed by atoms with van der Waals surface area (Å²) in [6.07, 6.45) is 1.46. The maximum atomic E-state index is 13.8. The van der Waals surface area contributed by atoms with Crippen LogP contribution in [0.5, 0.6) is 0 Å². The van der Waals surface area contributed by atoms with Crippen LogP contribution in [0.2, 0.25) is 0 Å². The zero-order chi connectivity index (χ0) is 15.2. The van der Waals surface area contributed by atoms with Gasteiger partial charge < -0.3 is 10.6 Å². The Morgan fingerprint density at radius 2 is 2.10 bits per heavy atom. The maximum Gasteiger partial charge on any atom is 0.254 e. The molecule has 0 atom stereocenters. The van der Waals surface area contributed by atoms with Crippen LogP contribution in [-0.4, -0.2) is 35.3 Å². The third-order valence-electron chi connectivity index (χ3n) is 3.17. The predicted molar refractivity (Wildman–Crippen MR) is 79.1 cm³/mol. The van der Waals surface area contributed by atoms with Crippen molar-refractivity contribution in [1.29, 1.82) is 0 Å². The zero-order valence-electron chi connectivity index (χ0n) is 12.2. The third kappa shape index (κ3) is 3.46. The van der Waals surface area contributed by atoms with E-state index < -0.39 is 0 Å². The second kappa shape index (κ2) is 6.99. The number of carbonyl (C=O) groups excluding carboxylic acids is 1. The van der Waals surface area contributed by atoms with Crippen LogP contribution in [0.25, 0.3) is 5.69 Å². The summed E-state index contributed by atoms with van der Waals surface area (Å²) in [4.78, 5) is 12.1. The van der Waals surface area contributed by atoms with Gasteiger partial charge in [-0.2, -0.15) is 5.10 Å². The standard InChI is InChI=1S/C15H19FN4O/c1-3-17-8-9-18-15(21)12-10-19-20(11(12)2)14-7-5-4-6-13(14)16/h4-7,10,17H,3,8-9H2,1-2H3,(H,18,21). The van der Waals surface area contributed by atoms with Crippen LogP contribution in [0.4, 0.5) is 4.39 Å². The number of likely N-dealkylation sites (N-methyl/N-ethyl adjacent to an activating group) is 1. The van der Waals surface area contributed by atoms with E-state index in [9.17, 15) is 9.18 Å². The second-order valence-electron chi connectivity index (χ2n) is 4.62. The molecular weight excluding hydrogens is 271 g/mol. The first-order valence-electron chi connectivity index (χ1n) is 6.93. The Balaban J connectivity index is 2.14. The van der Waals surface area contributed by atoms with E-state index in [1.807, 2.05) is 6.92 Å². The molecule has 1 heterocycles. The highest BCUT2D eigenvalue weighted by Gasteiger charge is 2.16. The molecule has 21 heavy (non-hydrogen) atoms. The van der Waals surface area contributed by atoms with E-state index in [4.69, 9.17) is 0 Å². The van der Waals surface area contributed by atoms with E-state index in [1.165, 1.54) is 16.9 Å². The lowest BCUT2D eigenvalue weighted by Gasteiger charge is -2.07. The average Bonchev–Trinajstić information content (AvgIpc) is 2.86. The van der Waals surface area contributed by atoms with Crippen LogP contribution >= 0.6 is 0 Å². The van der Waals surface area contributed by atoms with Gasteiger partial charge in [-0.05, 0) is 25.6 Å². The summed E-state index contributed by atoms with van der Waals surface area (Å²) in [6, 6.07) is 6.34. The van der Waals surface area contributed by atoms with Gasteiger partial charge in [-0.1, -0.05) is 19.1 Å². The molecule has 1 aromatic carbocycles. The fourth-order valence-corrected chi connectivity index (χ4v) is 2.04. The van der Waals surface area contributed by atoms with Gasteiger partial charge >= 0.3 is 0 Å². The smallest absolute Gasteiger partial charge is 0.254 e. The number of amides is 1. The minimum absolute atomic E-state index is 0.201. The van der Waals surface area contributed by atoms with Crippen molar-refractivity contribution in [3.05, 3.63) is 47.5 Å². The van der Waals surface area contributed by atoms with Crippen LogP contribution in [0.3, 0.4) is 0 Å². The van der Waals surface area contributed by atoms with Crippen LogP contribution in [-0.2, 0) is 0 Å².